The highest BCUT2D eigenvalue weighted by Gasteiger charge is 2.08. The molecule has 122 valence electrons. The van der Waals surface area contributed by atoms with Crippen LogP contribution in [-0.2, 0) is 0 Å². The fraction of sp³-hybridized carbons (Fsp3) is 0.235. The molecular formula is C17H19ClN2O3. The molecule has 0 aromatic heterocycles. The molecule has 0 fully saturated rings. The van der Waals surface area contributed by atoms with Gasteiger partial charge in [0.25, 0.3) is 0 Å². The quantitative estimate of drug-likeness (QED) is 0.841. The molecule has 0 saturated carbocycles. The maximum Gasteiger partial charge on any atom is 0.319 e. The zero-order chi connectivity index (χ0) is 16.7. The molecule has 2 amide bonds. The molecule has 0 heterocycles. The summed E-state index contributed by atoms with van der Waals surface area (Å²) in [5.41, 5.74) is 0.637. The normalized spacial score (nSPS) is 11.4. The van der Waals surface area contributed by atoms with Crippen LogP contribution in [-0.4, -0.2) is 25.8 Å². The summed E-state index contributed by atoms with van der Waals surface area (Å²) in [6, 6.07) is 13.8. The monoisotopic (exact) mass is 334 g/mol. The Hall–Kier alpha value is -2.40. The summed E-state index contributed by atoms with van der Waals surface area (Å²) >= 11 is 5.87. The van der Waals surface area contributed by atoms with E-state index < -0.39 is 0 Å². The predicted octanol–water partition coefficient (Wildman–Crippen LogP) is 3.94. The number of rotatable bonds is 6. The lowest BCUT2D eigenvalue weighted by atomic mass is 10.3. The van der Waals surface area contributed by atoms with E-state index in [0.717, 1.165) is 11.5 Å². The van der Waals surface area contributed by atoms with Gasteiger partial charge in [0.2, 0.25) is 0 Å². The van der Waals surface area contributed by atoms with Crippen molar-refractivity contribution in [2.75, 3.05) is 19.0 Å². The molecule has 0 aliphatic rings. The Kier molecular flexibility index (Phi) is 6.11. The molecule has 0 bridgehead atoms. The van der Waals surface area contributed by atoms with E-state index in [0.29, 0.717) is 17.3 Å². The number of methoxy groups -OCH3 is 1. The van der Waals surface area contributed by atoms with Crippen LogP contribution in [0.1, 0.15) is 6.92 Å². The molecule has 2 N–H and O–H groups in total. The Balaban J connectivity index is 1.77. The molecule has 0 aliphatic heterocycles. The van der Waals surface area contributed by atoms with E-state index in [1.54, 1.807) is 31.4 Å². The second-order valence-electron chi connectivity index (χ2n) is 5.00. The summed E-state index contributed by atoms with van der Waals surface area (Å²) in [5.74, 6) is 1.49. The number of ether oxygens (including phenoxy) is 2. The number of hydrogen-bond donors (Lipinski definition) is 2. The van der Waals surface area contributed by atoms with Gasteiger partial charge >= 0.3 is 6.03 Å². The highest BCUT2D eigenvalue weighted by molar-refractivity contribution is 6.30. The molecular weight excluding hydrogens is 316 g/mol. The minimum Gasteiger partial charge on any atom is -0.497 e. The summed E-state index contributed by atoms with van der Waals surface area (Å²) in [7, 11) is 1.61. The Morgan fingerprint density at radius 1 is 1.17 bits per heavy atom. The van der Waals surface area contributed by atoms with Crippen LogP contribution in [0.15, 0.2) is 48.5 Å². The van der Waals surface area contributed by atoms with Crippen LogP contribution in [0.2, 0.25) is 5.02 Å². The average Bonchev–Trinajstić information content (AvgIpc) is 2.53. The van der Waals surface area contributed by atoms with E-state index in [2.05, 4.69) is 10.6 Å². The molecule has 1 atom stereocenters. The fourth-order valence-corrected chi connectivity index (χ4v) is 2.08. The second kappa shape index (κ2) is 8.29. The smallest absolute Gasteiger partial charge is 0.319 e. The van der Waals surface area contributed by atoms with E-state index in [4.69, 9.17) is 21.1 Å². The molecule has 23 heavy (non-hydrogen) atoms. The molecule has 0 spiro atoms. The zero-order valence-corrected chi connectivity index (χ0v) is 13.8. The number of amides is 2. The largest absolute Gasteiger partial charge is 0.497 e. The first kappa shape index (κ1) is 17.0. The van der Waals surface area contributed by atoms with Gasteiger partial charge in [-0.15, -0.1) is 0 Å². The number of urea groups is 1. The Morgan fingerprint density at radius 3 is 2.52 bits per heavy atom. The summed E-state index contributed by atoms with van der Waals surface area (Å²) in [5, 5.41) is 6.09. The third-order valence-corrected chi connectivity index (χ3v) is 3.25. The van der Waals surface area contributed by atoms with Crippen molar-refractivity contribution >= 4 is 23.3 Å². The molecule has 2 rings (SSSR count). The predicted molar refractivity (Wildman–Crippen MR) is 91.6 cm³/mol. The van der Waals surface area contributed by atoms with E-state index in [9.17, 15) is 4.79 Å². The third-order valence-electron chi connectivity index (χ3n) is 3.02. The minimum absolute atomic E-state index is 0.156. The fourth-order valence-electron chi connectivity index (χ4n) is 1.89. The molecule has 1 unspecified atom stereocenters. The lowest BCUT2D eigenvalue weighted by Gasteiger charge is -2.16. The number of benzene rings is 2. The van der Waals surface area contributed by atoms with Crippen LogP contribution in [0.4, 0.5) is 10.5 Å². The van der Waals surface area contributed by atoms with Crippen LogP contribution in [0.25, 0.3) is 0 Å². The molecule has 5 nitrogen and oxygen atoms in total. The molecule has 0 radical (unpaired) electrons. The number of carbonyl (C=O) groups is 1. The maximum atomic E-state index is 11.9. The van der Waals surface area contributed by atoms with Gasteiger partial charge in [-0.3, -0.25) is 0 Å². The third kappa shape index (κ3) is 5.71. The highest BCUT2D eigenvalue weighted by atomic mass is 35.5. The first-order valence-electron chi connectivity index (χ1n) is 7.17. The van der Waals surface area contributed by atoms with Crippen molar-refractivity contribution in [3.05, 3.63) is 53.6 Å². The minimum atomic E-state index is -0.307. The zero-order valence-electron chi connectivity index (χ0n) is 13.0. The van der Waals surface area contributed by atoms with Crippen molar-refractivity contribution in [2.24, 2.45) is 0 Å². The molecule has 2 aromatic carbocycles. The SMILES string of the molecule is COc1ccc(OCC(C)NC(=O)Nc2cccc(Cl)c2)cc1. The Morgan fingerprint density at radius 2 is 1.87 bits per heavy atom. The van der Waals surface area contributed by atoms with Gasteiger partial charge in [-0.2, -0.15) is 0 Å². The number of nitrogens with one attached hydrogen (secondary N) is 2. The lowest BCUT2D eigenvalue weighted by Crippen LogP contribution is -2.39. The Bertz CT molecular complexity index is 647. The van der Waals surface area contributed by atoms with Gasteiger partial charge in [0.1, 0.15) is 18.1 Å². The van der Waals surface area contributed by atoms with Gasteiger partial charge < -0.3 is 20.1 Å². The average molecular weight is 335 g/mol. The Labute approximate surface area is 140 Å². The number of halogens is 1. The standard InChI is InChI=1S/C17H19ClN2O3/c1-12(11-23-16-8-6-15(22-2)7-9-16)19-17(21)20-14-5-3-4-13(18)10-14/h3-10,12H,11H2,1-2H3,(H2,19,20,21). The van der Waals surface area contributed by atoms with Gasteiger partial charge in [-0.25, -0.2) is 4.79 Å². The van der Waals surface area contributed by atoms with E-state index >= 15 is 0 Å². The van der Waals surface area contributed by atoms with Gasteiger partial charge in [0.05, 0.1) is 13.2 Å². The van der Waals surface area contributed by atoms with E-state index in [-0.39, 0.29) is 12.1 Å². The van der Waals surface area contributed by atoms with Gasteiger partial charge in [0, 0.05) is 10.7 Å². The molecule has 0 saturated heterocycles. The van der Waals surface area contributed by atoms with Crippen molar-refractivity contribution < 1.29 is 14.3 Å². The van der Waals surface area contributed by atoms with Crippen molar-refractivity contribution in [2.45, 2.75) is 13.0 Å². The van der Waals surface area contributed by atoms with Gasteiger partial charge in [-0.1, -0.05) is 17.7 Å². The number of anilines is 1. The number of hydrogen-bond acceptors (Lipinski definition) is 3. The van der Waals surface area contributed by atoms with Crippen molar-refractivity contribution in [3.63, 3.8) is 0 Å². The lowest BCUT2D eigenvalue weighted by molar-refractivity contribution is 0.236. The highest BCUT2D eigenvalue weighted by Crippen LogP contribution is 2.17. The van der Waals surface area contributed by atoms with Crippen LogP contribution in [0.5, 0.6) is 11.5 Å². The van der Waals surface area contributed by atoms with Crippen molar-refractivity contribution in [1.82, 2.24) is 5.32 Å². The first-order valence-corrected chi connectivity index (χ1v) is 7.54. The van der Waals surface area contributed by atoms with Crippen LogP contribution in [0, 0.1) is 0 Å². The van der Waals surface area contributed by atoms with Crippen LogP contribution >= 0.6 is 11.6 Å². The summed E-state index contributed by atoms with van der Waals surface area (Å²) in [4.78, 5) is 11.9. The van der Waals surface area contributed by atoms with E-state index in [1.165, 1.54) is 0 Å². The molecule has 2 aromatic rings. The second-order valence-corrected chi connectivity index (χ2v) is 5.43. The van der Waals surface area contributed by atoms with Crippen LogP contribution < -0.4 is 20.1 Å². The maximum absolute atomic E-state index is 11.9. The topological polar surface area (TPSA) is 59.6 Å². The van der Waals surface area contributed by atoms with Gasteiger partial charge in [0.15, 0.2) is 0 Å². The first-order chi connectivity index (χ1) is 11.1. The van der Waals surface area contributed by atoms with Crippen LogP contribution in [0.3, 0.4) is 0 Å². The van der Waals surface area contributed by atoms with E-state index in [1.807, 2.05) is 31.2 Å². The molecule has 0 aliphatic carbocycles. The van der Waals surface area contributed by atoms with Crippen molar-refractivity contribution in [3.8, 4) is 11.5 Å². The van der Waals surface area contributed by atoms with Gasteiger partial charge in [-0.05, 0) is 49.4 Å². The summed E-state index contributed by atoms with van der Waals surface area (Å²) in [6.45, 7) is 2.22. The summed E-state index contributed by atoms with van der Waals surface area (Å²) < 4.78 is 10.7. The molecule has 6 heteroatoms. The number of carbonyl (C=O) groups excluding carboxylic acids is 1. The summed E-state index contributed by atoms with van der Waals surface area (Å²) in [6.07, 6.45) is 0. The van der Waals surface area contributed by atoms with Crippen molar-refractivity contribution in [1.29, 1.82) is 0 Å².